The third-order valence-corrected chi connectivity index (χ3v) is 1.56. The lowest BCUT2D eigenvalue weighted by molar-refractivity contribution is -0.133. The van der Waals surface area contributed by atoms with Crippen molar-refractivity contribution in [3.63, 3.8) is 0 Å². The first-order valence-corrected chi connectivity index (χ1v) is 4.31. The molecule has 0 spiro atoms. The Balaban J connectivity index is 2.54. The van der Waals surface area contributed by atoms with E-state index in [-0.39, 0.29) is 24.0 Å². The van der Waals surface area contributed by atoms with Crippen LogP contribution in [-0.4, -0.2) is 17.0 Å². The van der Waals surface area contributed by atoms with E-state index in [1.165, 1.54) is 24.3 Å². The maximum absolute atomic E-state index is 10.9. The van der Waals surface area contributed by atoms with Gasteiger partial charge in [0.1, 0.15) is 11.5 Å². The second-order valence-electron chi connectivity index (χ2n) is 2.41. The first-order chi connectivity index (χ1) is 6.22. The van der Waals surface area contributed by atoms with Gasteiger partial charge >= 0.3 is 5.97 Å². The van der Waals surface area contributed by atoms with Gasteiger partial charge in [-0.15, -0.1) is 11.6 Å². The molecule has 0 unspecified atom stereocenters. The van der Waals surface area contributed by atoms with Crippen LogP contribution in [0.25, 0.3) is 0 Å². The van der Waals surface area contributed by atoms with Crippen LogP contribution in [-0.2, 0) is 4.79 Å². The zero-order chi connectivity index (χ0) is 9.68. The van der Waals surface area contributed by atoms with Crippen molar-refractivity contribution in [2.24, 2.45) is 0 Å². The van der Waals surface area contributed by atoms with Crippen molar-refractivity contribution in [3.8, 4) is 11.5 Å². The maximum Gasteiger partial charge on any atom is 0.312 e. The molecular formula is C9H9ClO3. The number of alkyl halides is 1. The van der Waals surface area contributed by atoms with E-state index < -0.39 is 0 Å². The molecule has 0 aromatic heterocycles. The van der Waals surface area contributed by atoms with Crippen molar-refractivity contribution in [2.75, 3.05) is 5.88 Å². The van der Waals surface area contributed by atoms with Crippen molar-refractivity contribution in [2.45, 2.75) is 6.42 Å². The molecule has 4 heteroatoms. The molecule has 0 saturated heterocycles. The topological polar surface area (TPSA) is 46.5 Å². The van der Waals surface area contributed by atoms with Gasteiger partial charge in [0.2, 0.25) is 0 Å². The molecule has 0 aliphatic carbocycles. The number of carbonyl (C=O) groups is 1. The minimum absolute atomic E-state index is 0.136. The lowest BCUT2D eigenvalue weighted by atomic mass is 10.3. The second kappa shape index (κ2) is 4.72. The molecule has 1 aromatic carbocycles. The van der Waals surface area contributed by atoms with Crippen molar-refractivity contribution >= 4 is 17.6 Å². The number of phenols is 1. The highest BCUT2D eigenvalue weighted by Crippen LogP contribution is 2.16. The number of hydrogen-bond donors (Lipinski definition) is 1. The monoisotopic (exact) mass is 200 g/mol. The number of benzene rings is 1. The fraction of sp³-hybridized carbons (Fsp3) is 0.222. The molecule has 0 bridgehead atoms. The fourth-order valence-corrected chi connectivity index (χ4v) is 0.928. The van der Waals surface area contributed by atoms with Gasteiger partial charge in [-0.2, -0.15) is 0 Å². The minimum atomic E-state index is -0.374. The number of phenolic OH excluding ortho intramolecular Hbond substituents is 1. The minimum Gasteiger partial charge on any atom is -0.508 e. The number of halogens is 1. The Bertz CT molecular complexity index is 281. The maximum atomic E-state index is 10.9. The molecule has 0 saturated carbocycles. The van der Waals surface area contributed by atoms with E-state index in [9.17, 15) is 4.79 Å². The Morgan fingerprint density at radius 3 is 2.54 bits per heavy atom. The average Bonchev–Trinajstić information content (AvgIpc) is 2.09. The standard InChI is InChI=1S/C9H9ClO3/c10-6-5-9(12)13-8-3-1-7(11)2-4-8/h1-4,11H,5-6H2. The summed E-state index contributed by atoms with van der Waals surface area (Å²) >= 11 is 5.35. The number of esters is 1. The summed E-state index contributed by atoms with van der Waals surface area (Å²) in [6.45, 7) is 0. The molecule has 0 atom stereocenters. The summed E-state index contributed by atoms with van der Waals surface area (Å²) in [4.78, 5) is 10.9. The van der Waals surface area contributed by atoms with Gasteiger partial charge in [0, 0.05) is 5.88 Å². The molecule has 13 heavy (non-hydrogen) atoms. The molecule has 0 aliphatic rings. The van der Waals surface area contributed by atoms with Crippen molar-refractivity contribution in [1.29, 1.82) is 0 Å². The predicted octanol–water partition coefficient (Wildman–Crippen LogP) is 1.93. The van der Waals surface area contributed by atoms with Gasteiger partial charge in [-0.25, -0.2) is 0 Å². The van der Waals surface area contributed by atoms with Gasteiger partial charge in [0.25, 0.3) is 0 Å². The summed E-state index contributed by atoms with van der Waals surface area (Å²) in [6.07, 6.45) is 0.183. The highest BCUT2D eigenvalue weighted by molar-refractivity contribution is 6.18. The van der Waals surface area contributed by atoms with Crippen LogP contribution in [0.1, 0.15) is 6.42 Å². The molecule has 0 aliphatic heterocycles. The van der Waals surface area contributed by atoms with Crippen molar-refractivity contribution in [1.82, 2.24) is 0 Å². The highest BCUT2D eigenvalue weighted by Gasteiger charge is 2.02. The Morgan fingerprint density at radius 2 is 2.00 bits per heavy atom. The molecular weight excluding hydrogens is 192 g/mol. The highest BCUT2D eigenvalue weighted by atomic mass is 35.5. The molecule has 70 valence electrons. The normalized spacial score (nSPS) is 9.62. The summed E-state index contributed by atoms with van der Waals surface area (Å²) in [6, 6.07) is 5.93. The SMILES string of the molecule is O=C(CCCl)Oc1ccc(O)cc1. The Labute approximate surface area is 80.9 Å². The van der Waals surface area contributed by atoms with Gasteiger partial charge in [0.15, 0.2) is 0 Å². The largest absolute Gasteiger partial charge is 0.508 e. The molecule has 0 radical (unpaired) electrons. The lowest BCUT2D eigenvalue weighted by Gasteiger charge is -2.01. The van der Waals surface area contributed by atoms with Crippen LogP contribution in [0.2, 0.25) is 0 Å². The first-order valence-electron chi connectivity index (χ1n) is 3.78. The van der Waals surface area contributed by atoms with E-state index in [1.807, 2.05) is 0 Å². The first kappa shape index (κ1) is 9.86. The average molecular weight is 201 g/mol. The van der Waals surface area contributed by atoms with E-state index in [2.05, 4.69) is 0 Å². The van der Waals surface area contributed by atoms with E-state index in [1.54, 1.807) is 0 Å². The zero-order valence-corrected chi connectivity index (χ0v) is 7.62. The quantitative estimate of drug-likeness (QED) is 0.461. The zero-order valence-electron chi connectivity index (χ0n) is 6.87. The van der Waals surface area contributed by atoms with Crippen molar-refractivity contribution < 1.29 is 14.6 Å². The molecule has 0 heterocycles. The Hall–Kier alpha value is -1.22. The summed E-state index contributed by atoms with van der Waals surface area (Å²) in [7, 11) is 0. The van der Waals surface area contributed by atoms with Crippen molar-refractivity contribution in [3.05, 3.63) is 24.3 Å². The molecule has 1 aromatic rings. The number of carbonyl (C=O) groups excluding carboxylic acids is 1. The third kappa shape index (κ3) is 3.34. The van der Waals surface area contributed by atoms with Crippen LogP contribution >= 0.6 is 11.6 Å². The van der Waals surface area contributed by atoms with Gasteiger partial charge in [-0.3, -0.25) is 4.79 Å². The molecule has 0 fully saturated rings. The summed E-state index contributed by atoms with van der Waals surface area (Å²) in [5.74, 6) is 0.419. The van der Waals surface area contributed by atoms with Crippen LogP contribution in [0, 0.1) is 0 Å². The summed E-state index contributed by atoms with van der Waals surface area (Å²) < 4.78 is 4.88. The number of ether oxygens (including phenoxy) is 1. The smallest absolute Gasteiger partial charge is 0.312 e. The summed E-state index contributed by atoms with van der Waals surface area (Å²) in [5, 5.41) is 8.93. The van der Waals surface area contributed by atoms with Gasteiger partial charge in [-0.05, 0) is 24.3 Å². The van der Waals surface area contributed by atoms with Crippen LogP contribution < -0.4 is 4.74 Å². The second-order valence-corrected chi connectivity index (χ2v) is 2.78. The van der Waals surface area contributed by atoms with E-state index >= 15 is 0 Å². The molecule has 1 N–H and O–H groups in total. The predicted molar refractivity (Wildman–Crippen MR) is 49.1 cm³/mol. The molecule has 1 rings (SSSR count). The van der Waals surface area contributed by atoms with Crippen LogP contribution in [0.3, 0.4) is 0 Å². The van der Waals surface area contributed by atoms with Gasteiger partial charge in [-0.1, -0.05) is 0 Å². The number of hydrogen-bond acceptors (Lipinski definition) is 3. The number of aromatic hydroxyl groups is 1. The molecule has 0 amide bonds. The van der Waals surface area contributed by atoms with Crippen LogP contribution in [0.4, 0.5) is 0 Å². The van der Waals surface area contributed by atoms with Crippen LogP contribution in [0.15, 0.2) is 24.3 Å². The van der Waals surface area contributed by atoms with Gasteiger partial charge in [0.05, 0.1) is 6.42 Å². The molecule has 3 nitrogen and oxygen atoms in total. The van der Waals surface area contributed by atoms with Gasteiger partial charge < -0.3 is 9.84 Å². The summed E-state index contributed by atoms with van der Waals surface area (Å²) in [5.41, 5.74) is 0. The fourth-order valence-electron chi connectivity index (χ4n) is 0.774. The Kier molecular flexibility index (Phi) is 3.58. The van der Waals surface area contributed by atoms with E-state index in [4.69, 9.17) is 21.4 Å². The third-order valence-electron chi connectivity index (χ3n) is 1.37. The number of rotatable bonds is 3. The van der Waals surface area contributed by atoms with Crippen LogP contribution in [0.5, 0.6) is 11.5 Å². The van der Waals surface area contributed by atoms with E-state index in [0.29, 0.717) is 5.75 Å². The Morgan fingerprint density at radius 1 is 1.38 bits per heavy atom. The lowest BCUT2D eigenvalue weighted by Crippen LogP contribution is -2.07. The van der Waals surface area contributed by atoms with E-state index in [0.717, 1.165) is 0 Å².